The Labute approximate surface area is 178 Å². The van der Waals surface area contributed by atoms with Gasteiger partial charge in [-0.1, -0.05) is 86.1 Å². The zero-order valence-electron chi connectivity index (χ0n) is 20.7. The quantitative estimate of drug-likeness (QED) is 0.306. The maximum Gasteiger partial charge on any atom is 0.112 e. The van der Waals surface area contributed by atoms with Gasteiger partial charge in [-0.25, -0.2) is 0 Å². The molecule has 2 nitrogen and oxygen atoms in total. The molecule has 0 spiro atoms. The summed E-state index contributed by atoms with van der Waals surface area (Å²) in [5, 5.41) is 0. The summed E-state index contributed by atoms with van der Waals surface area (Å²) in [6, 6.07) is 0. The summed E-state index contributed by atoms with van der Waals surface area (Å²) in [7, 11) is 2.22. The number of hydrogen-bond donors (Lipinski definition) is 0. The molecule has 1 rings (SSSR count). The van der Waals surface area contributed by atoms with Crippen LogP contribution in [0.2, 0.25) is 0 Å². The lowest BCUT2D eigenvalue weighted by atomic mass is 9.75. The first kappa shape index (κ1) is 29.2. The lowest BCUT2D eigenvalue weighted by Gasteiger charge is -2.37. The van der Waals surface area contributed by atoms with Gasteiger partial charge in [0, 0.05) is 0 Å². The van der Waals surface area contributed by atoms with Crippen LogP contribution in [0.15, 0.2) is 36.6 Å². The summed E-state index contributed by atoms with van der Waals surface area (Å²) in [6.45, 7) is 23.9. The molecule has 0 unspecified atom stereocenters. The maximum atomic E-state index is 5.76. The molecule has 0 saturated carbocycles. The van der Waals surface area contributed by atoms with E-state index >= 15 is 0 Å². The van der Waals surface area contributed by atoms with Crippen LogP contribution in [0, 0.1) is 11.3 Å². The van der Waals surface area contributed by atoms with E-state index in [-0.39, 0.29) is 0 Å². The summed E-state index contributed by atoms with van der Waals surface area (Å²) in [6.07, 6.45) is 15.5. The minimum absolute atomic E-state index is 0.336. The minimum Gasteiger partial charge on any atom is -0.491 e. The van der Waals surface area contributed by atoms with Gasteiger partial charge in [-0.2, -0.15) is 0 Å². The first-order valence-corrected chi connectivity index (χ1v) is 11.6. The Balaban J connectivity index is 0. The highest BCUT2D eigenvalue weighted by Gasteiger charge is 2.27. The van der Waals surface area contributed by atoms with Crippen LogP contribution in [0.5, 0.6) is 0 Å². The van der Waals surface area contributed by atoms with Gasteiger partial charge in [0.25, 0.3) is 0 Å². The summed E-state index contributed by atoms with van der Waals surface area (Å²) in [4.78, 5) is 2.43. The van der Waals surface area contributed by atoms with Crippen molar-refractivity contribution in [2.24, 2.45) is 11.3 Å². The number of allylic oxidation sites excluding steroid dienone is 4. The Morgan fingerprint density at radius 2 is 1.57 bits per heavy atom. The molecular formula is C26H51NO. The fourth-order valence-electron chi connectivity index (χ4n) is 3.31. The Morgan fingerprint density at radius 3 is 1.96 bits per heavy atom. The van der Waals surface area contributed by atoms with Crippen molar-refractivity contribution in [3.63, 3.8) is 0 Å². The molecule has 0 aromatic carbocycles. The molecule has 2 heteroatoms. The van der Waals surface area contributed by atoms with E-state index in [1.807, 2.05) is 45.1 Å². The number of hydrogen-bond acceptors (Lipinski definition) is 2. The van der Waals surface area contributed by atoms with Crippen LogP contribution < -0.4 is 0 Å². The van der Waals surface area contributed by atoms with Crippen molar-refractivity contribution in [3.05, 3.63) is 36.6 Å². The lowest BCUT2D eigenvalue weighted by Crippen LogP contribution is -2.35. The second kappa shape index (κ2) is 18.0. The topological polar surface area (TPSA) is 12.5 Å². The first-order chi connectivity index (χ1) is 13.2. The van der Waals surface area contributed by atoms with Gasteiger partial charge in [-0.05, 0) is 70.2 Å². The van der Waals surface area contributed by atoms with Crippen LogP contribution in [-0.2, 0) is 4.74 Å². The van der Waals surface area contributed by atoms with Crippen molar-refractivity contribution in [2.75, 3.05) is 20.1 Å². The van der Waals surface area contributed by atoms with E-state index in [0.29, 0.717) is 11.5 Å². The van der Waals surface area contributed by atoms with Gasteiger partial charge in [0.05, 0.1) is 6.10 Å². The lowest BCUT2D eigenvalue weighted by molar-refractivity contribution is 0.108. The molecule has 0 aromatic rings. The van der Waals surface area contributed by atoms with Crippen molar-refractivity contribution in [1.82, 2.24) is 4.90 Å². The SMILES string of the molecule is C=C(/C=C\C=C/C)OC(CCC)CCC.CC.CN1CCC(C(C)(C)C)CC1. The summed E-state index contributed by atoms with van der Waals surface area (Å²) in [5.74, 6) is 1.71. The van der Waals surface area contributed by atoms with Crippen molar-refractivity contribution in [3.8, 4) is 0 Å². The van der Waals surface area contributed by atoms with Gasteiger partial charge in [0.1, 0.15) is 5.76 Å². The number of ether oxygens (including phenoxy) is 1. The molecule has 0 radical (unpaired) electrons. The second-order valence-electron chi connectivity index (χ2n) is 8.61. The monoisotopic (exact) mass is 393 g/mol. The van der Waals surface area contributed by atoms with E-state index in [4.69, 9.17) is 4.74 Å². The molecule has 0 aliphatic carbocycles. The molecule has 28 heavy (non-hydrogen) atoms. The number of likely N-dealkylation sites (tertiary alicyclic amines) is 1. The zero-order valence-corrected chi connectivity index (χ0v) is 20.7. The van der Waals surface area contributed by atoms with E-state index in [2.05, 4.69) is 53.1 Å². The van der Waals surface area contributed by atoms with Crippen molar-refractivity contribution >= 4 is 0 Å². The van der Waals surface area contributed by atoms with Crippen LogP contribution in [0.25, 0.3) is 0 Å². The van der Waals surface area contributed by atoms with Gasteiger partial charge in [0.2, 0.25) is 0 Å². The number of piperidine rings is 1. The highest BCUT2D eigenvalue weighted by molar-refractivity contribution is 5.14. The maximum absolute atomic E-state index is 5.76. The van der Waals surface area contributed by atoms with E-state index in [1.54, 1.807) is 0 Å². The fraction of sp³-hybridized carbons (Fsp3) is 0.769. The van der Waals surface area contributed by atoms with Crippen LogP contribution >= 0.6 is 0 Å². The normalized spacial score (nSPS) is 15.9. The zero-order chi connectivity index (χ0) is 22.0. The Kier molecular flexibility index (Phi) is 18.8. The van der Waals surface area contributed by atoms with E-state index in [9.17, 15) is 0 Å². The molecule has 1 saturated heterocycles. The van der Waals surface area contributed by atoms with E-state index < -0.39 is 0 Å². The summed E-state index contributed by atoms with van der Waals surface area (Å²) < 4.78 is 5.76. The molecule has 0 amide bonds. The second-order valence-corrected chi connectivity index (χ2v) is 8.61. The predicted octanol–water partition coefficient (Wildman–Crippen LogP) is 8.02. The van der Waals surface area contributed by atoms with Gasteiger partial charge < -0.3 is 9.64 Å². The highest BCUT2D eigenvalue weighted by atomic mass is 16.5. The predicted molar refractivity (Wildman–Crippen MR) is 129 cm³/mol. The standard InChI is InChI=1S/C14H24O.C10H21N.C2H6/c1-5-8-9-12-13(4)15-14(10-6-2)11-7-3;1-10(2,3)9-5-7-11(4)8-6-9;1-2/h5,8-9,12,14H,4,6-7,10-11H2,1-3H3;9H,5-8H2,1-4H3;1-2H3/b8-5-,12-9-;;. The fourth-order valence-corrected chi connectivity index (χ4v) is 3.31. The van der Waals surface area contributed by atoms with E-state index in [0.717, 1.165) is 37.4 Å². The largest absolute Gasteiger partial charge is 0.491 e. The molecule has 1 fully saturated rings. The van der Waals surface area contributed by atoms with Gasteiger partial charge in [0.15, 0.2) is 0 Å². The minimum atomic E-state index is 0.336. The van der Waals surface area contributed by atoms with Gasteiger partial charge >= 0.3 is 0 Å². The molecule has 0 aromatic heterocycles. The molecule has 166 valence electrons. The summed E-state index contributed by atoms with van der Waals surface area (Å²) in [5.41, 5.74) is 0.529. The molecule has 1 aliphatic heterocycles. The molecule has 1 aliphatic rings. The van der Waals surface area contributed by atoms with Crippen LogP contribution in [0.4, 0.5) is 0 Å². The van der Waals surface area contributed by atoms with Gasteiger partial charge in [-0.3, -0.25) is 0 Å². The van der Waals surface area contributed by atoms with Crippen molar-refractivity contribution < 1.29 is 4.74 Å². The molecule has 0 N–H and O–H groups in total. The third-order valence-electron chi connectivity index (χ3n) is 5.07. The number of nitrogens with zero attached hydrogens (tertiary/aromatic N) is 1. The Hall–Kier alpha value is -1.02. The average molecular weight is 394 g/mol. The molecule has 0 bridgehead atoms. The highest BCUT2D eigenvalue weighted by Crippen LogP contribution is 2.33. The van der Waals surface area contributed by atoms with Crippen LogP contribution in [-0.4, -0.2) is 31.1 Å². The molecule has 1 heterocycles. The van der Waals surface area contributed by atoms with Crippen LogP contribution in [0.1, 0.15) is 93.9 Å². The van der Waals surface area contributed by atoms with Crippen LogP contribution in [0.3, 0.4) is 0 Å². The van der Waals surface area contributed by atoms with E-state index in [1.165, 1.54) is 25.9 Å². The smallest absolute Gasteiger partial charge is 0.112 e. The Bertz CT molecular complexity index is 403. The average Bonchev–Trinajstić information content (AvgIpc) is 2.64. The third kappa shape index (κ3) is 16.0. The van der Waals surface area contributed by atoms with Crippen molar-refractivity contribution in [2.45, 2.75) is 100 Å². The third-order valence-corrected chi connectivity index (χ3v) is 5.07. The first-order valence-electron chi connectivity index (χ1n) is 11.6. The number of rotatable bonds is 8. The molecule has 0 atom stereocenters. The van der Waals surface area contributed by atoms with Crippen molar-refractivity contribution in [1.29, 1.82) is 0 Å². The van der Waals surface area contributed by atoms with Gasteiger partial charge in [-0.15, -0.1) is 0 Å². The Morgan fingerprint density at radius 1 is 1.07 bits per heavy atom. The molecular weight excluding hydrogens is 342 g/mol. The summed E-state index contributed by atoms with van der Waals surface area (Å²) >= 11 is 0.